The number of ether oxygens (including phenoxy) is 4. The molecule has 5 unspecified atom stereocenters. The smallest absolute Gasteiger partial charge is 0.462 e. The third-order valence-corrected chi connectivity index (χ3v) is 18.8. The summed E-state index contributed by atoms with van der Waals surface area (Å²) < 4.78 is 68.2. The molecule has 522 valence electrons. The summed E-state index contributed by atoms with van der Waals surface area (Å²) in [5, 5.41) is 10.6. The van der Waals surface area contributed by atoms with Crippen LogP contribution >= 0.6 is 15.6 Å². The van der Waals surface area contributed by atoms with Gasteiger partial charge in [-0.15, -0.1) is 0 Å². The quantitative estimate of drug-likeness (QED) is 0.0222. The predicted octanol–water partition coefficient (Wildman–Crippen LogP) is 19.3. The van der Waals surface area contributed by atoms with Crippen molar-refractivity contribution < 1.29 is 80.2 Å². The molecule has 0 aliphatic carbocycles. The van der Waals surface area contributed by atoms with E-state index >= 15 is 0 Å². The number of phosphoric ester groups is 2. The van der Waals surface area contributed by atoms with E-state index in [1.54, 1.807) is 0 Å². The first-order valence-electron chi connectivity index (χ1n) is 35.8. The van der Waals surface area contributed by atoms with Crippen molar-refractivity contribution >= 4 is 39.5 Å². The van der Waals surface area contributed by atoms with Crippen LogP contribution in [0.3, 0.4) is 0 Å². The third-order valence-electron chi connectivity index (χ3n) is 16.9. The molecule has 0 rings (SSSR count). The van der Waals surface area contributed by atoms with Gasteiger partial charge in [0.05, 0.1) is 26.4 Å². The van der Waals surface area contributed by atoms with E-state index in [2.05, 4.69) is 55.4 Å². The van der Waals surface area contributed by atoms with Crippen LogP contribution in [-0.4, -0.2) is 96.7 Å². The Kier molecular flexibility index (Phi) is 57.6. The van der Waals surface area contributed by atoms with Crippen LogP contribution in [0.4, 0.5) is 0 Å². The van der Waals surface area contributed by atoms with Crippen LogP contribution in [0.2, 0.25) is 0 Å². The molecule has 0 radical (unpaired) electrons. The fourth-order valence-electron chi connectivity index (χ4n) is 10.2. The highest BCUT2D eigenvalue weighted by Gasteiger charge is 2.30. The van der Waals surface area contributed by atoms with E-state index in [4.69, 9.17) is 37.0 Å². The van der Waals surface area contributed by atoms with Crippen molar-refractivity contribution in [3.8, 4) is 0 Å². The normalized spacial score (nSPS) is 15.2. The Morgan fingerprint density at radius 1 is 0.318 bits per heavy atom. The van der Waals surface area contributed by atoms with Crippen LogP contribution < -0.4 is 0 Å². The van der Waals surface area contributed by atoms with E-state index in [9.17, 15) is 43.2 Å². The molecule has 0 aromatic carbocycles. The van der Waals surface area contributed by atoms with Gasteiger partial charge in [0, 0.05) is 25.7 Å². The molecule has 0 saturated heterocycles. The maximum absolute atomic E-state index is 13.0. The molecule has 8 atom stereocenters. The number of hydrogen-bond acceptors (Lipinski definition) is 15. The molecule has 0 bridgehead atoms. The SMILES string of the molecule is CCC(C)CCCCCCCCCCCCC(=O)O[C@H](COC(=O)CCCCCCCCC(C)CC)COP(=O)(O)OC[C@H](O)COP(=O)(O)OC[C@@H](COC(=O)CCCCCCCCCCCC(C)C)OC(=O)CCCCCCCCCCC(C)CC. The first kappa shape index (κ1) is 86.1. The fourth-order valence-corrected chi connectivity index (χ4v) is 11.8. The highest BCUT2D eigenvalue weighted by atomic mass is 31.2. The molecule has 0 heterocycles. The Morgan fingerprint density at radius 3 is 0.807 bits per heavy atom. The number of aliphatic hydroxyl groups excluding tert-OH is 1. The summed E-state index contributed by atoms with van der Waals surface area (Å²) in [4.78, 5) is 72.5. The minimum Gasteiger partial charge on any atom is -0.462 e. The van der Waals surface area contributed by atoms with E-state index in [-0.39, 0.29) is 25.7 Å². The van der Waals surface area contributed by atoms with Gasteiger partial charge in [0.15, 0.2) is 12.2 Å². The van der Waals surface area contributed by atoms with Gasteiger partial charge < -0.3 is 33.8 Å². The summed E-state index contributed by atoms with van der Waals surface area (Å²) in [7, 11) is -9.90. The molecule has 0 amide bonds. The van der Waals surface area contributed by atoms with Gasteiger partial charge in [0.25, 0.3) is 0 Å². The van der Waals surface area contributed by atoms with Gasteiger partial charge in [0.2, 0.25) is 0 Å². The van der Waals surface area contributed by atoms with Gasteiger partial charge in [-0.25, -0.2) is 9.13 Å². The Labute approximate surface area is 537 Å². The number of phosphoric acid groups is 2. The van der Waals surface area contributed by atoms with E-state index in [0.717, 1.165) is 120 Å². The minimum absolute atomic E-state index is 0.104. The average Bonchev–Trinajstić information content (AvgIpc) is 3.71. The van der Waals surface area contributed by atoms with Crippen LogP contribution in [0.1, 0.15) is 338 Å². The molecule has 0 saturated carbocycles. The number of esters is 4. The number of carbonyl (C=O) groups excluding carboxylic acids is 4. The lowest BCUT2D eigenvalue weighted by Crippen LogP contribution is -2.30. The highest BCUT2D eigenvalue weighted by molar-refractivity contribution is 7.47. The molecule has 19 heteroatoms. The van der Waals surface area contributed by atoms with Crippen molar-refractivity contribution in [1.82, 2.24) is 0 Å². The fraction of sp³-hybridized carbons (Fsp3) is 0.942. The summed E-state index contributed by atoms with van der Waals surface area (Å²) in [6, 6.07) is 0. The van der Waals surface area contributed by atoms with Crippen molar-refractivity contribution in [2.24, 2.45) is 23.7 Å². The lowest BCUT2D eigenvalue weighted by molar-refractivity contribution is -0.161. The van der Waals surface area contributed by atoms with Gasteiger partial charge in [0.1, 0.15) is 19.3 Å². The molecule has 0 spiro atoms. The molecule has 0 aromatic rings. The molecular weight excluding hydrogens is 1160 g/mol. The average molecular weight is 1300 g/mol. The number of rotatable bonds is 66. The van der Waals surface area contributed by atoms with Crippen LogP contribution in [0.25, 0.3) is 0 Å². The number of unbranched alkanes of at least 4 members (excludes halogenated alkanes) is 29. The second-order valence-electron chi connectivity index (χ2n) is 26.1. The number of hydrogen-bond donors (Lipinski definition) is 3. The summed E-state index contributed by atoms with van der Waals surface area (Å²) in [5.74, 6) is 0.914. The van der Waals surface area contributed by atoms with Crippen LogP contribution in [-0.2, 0) is 65.4 Å². The minimum atomic E-state index is -4.95. The molecule has 0 fully saturated rings. The van der Waals surface area contributed by atoms with E-state index in [1.165, 1.54) is 135 Å². The molecule has 0 aliphatic rings. The van der Waals surface area contributed by atoms with E-state index in [0.29, 0.717) is 25.7 Å². The van der Waals surface area contributed by atoms with Crippen molar-refractivity contribution in [3.05, 3.63) is 0 Å². The Morgan fingerprint density at radius 2 is 0.545 bits per heavy atom. The zero-order valence-corrected chi connectivity index (χ0v) is 59.1. The van der Waals surface area contributed by atoms with Crippen molar-refractivity contribution in [3.63, 3.8) is 0 Å². The zero-order valence-electron chi connectivity index (χ0n) is 57.3. The monoisotopic (exact) mass is 1300 g/mol. The Hall–Kier alpha value is -1.94. The highest BCUT2D eigenvalue weighted by Crippen LogP contribution is 2.45. The van der Waals surface area contributed by atoms with E-state index < -0.39 is 97.5 Å². The van der Waals surface area contributed by atoms with Crippen LogP contribution in [0.5, 0.6) is 0 Å². The zero-order chi connectivity index (χ0) is 65.4. The van der Waals surface area contributed by atoms with Crippen molar-refractivity contribution in [1.29, 1.82) is 0 Å². The van der Waals surface area contributed by atoms with Crippen molar-refractivity contribution in [2.75, 3.05) is 39.6 Å². The molecule has 17 nitrogen and oxygen atoms in total. The van der Waals surface area contributed by atoms with Gasteiger partial charge in [-0.1, -0.05) is 287 Å². The maximum Gasteiger partial charge on any atom is 0.472 e. The Bertz CT molecular complexity index is 1750. The molecule has 88 heavy (non-hydrogen) atoms. The number of carbonyl (C=O) groups is 4. The standard InChI is InChI=1S/C69H134O17P2/c1-9-60(6)46-38-30-22-16-12-13-17-25-35-43-51-68(73)85-65(56-80-67(72)50-42-34-28-27-32-40-48-62(8)11-3)58-84-88(77,78)82-54-63(70)53-81-87(75,76)83-57-64(86-69(74)52-44-36-26-20-19-23-31-39-47-61(7)10-2)55-79-66(71)49-41-33-24-18-14-15-21-29-37-45-59(4)5/h59-65,70H,9-58H2,1-8H3,(H,75,76)(H,77,78)/t60?,61?,62?,63-,64-,65-/m1/s1. The van der Waals surface area contributed by atoms with Crippen LogP contribution in [0, 0.1) is 23.7 Å². The maximum atomic E-state index is 13.0. The summed E-state index contributed by atoms with van der Waals surface area (Å²) >= 11 is 0. The molecule has 0 aliphatic heterocycles. The summed E-state index contributed by atoms with van der Waals surface area (Å²) in [6.07, 6.45) is 40.2. The molecule has 3 N–H and O–H groups in total. The Balaban J connectivity index is 5.28. The second-order valence-corrected chi connectivity index (χ2v) is 29.0. The van der Waals surface area contributed by atoms with Crippen LogP contribution in [0.15, 0.2) is 0 Å². The van der Waals surface area contributed by atoms with Gasteiger partial charge in [-0.2, -0.15) is 0 Å². The number of aliphatic hydroxyl groups is 1. The second kappa shape index (κ2) is 58.8. The lowest BCUT2D eigenvalue weighted by atomic mass is 9.99. The first-order valence-corrected chi connectivity index (χ1v) is 38.8. The van der Waals surface area contributed by atoms with Crippen molar-refractivity contribution in [2.45, 2.75) is 356 Å². The third kappa shape index (κ3) is 59.1. The largest absolute Gasteiger partial charge is 0.472 e. The van der Waals surface area contributed by atoms with Gasteiger partial charge >= 0.3 is 39.5 Å². The molecule has 0 aromatic heterocycles. The van der Waals surface area contributed by atoms with E-state index in [1.807, 2.05) is 0 Å². The van der Waals surface area contributed by atoms with Gasteiger partial charge in [-0.05, 0) is 49.4 Å². The topological polar surface area (TPSA) is 237 Å². The summed E-state index contributed by atoms with van der Waals surface area (Å²) in [6.45, 7) is 14.1. The van der Waals surface area contributed by atoms with Gasteiger partial charge in [-0.3, -0.25) is 37.3 Å². The summed E-state index contributed by atoms with van der Waals surface area (Å²) in [5.41, 5.74) is 0. The predicted molar refractivity (Wildman–Crippen MR) is 354 cm³/mol. The molecular formula is C69H134O17P2. The lowest BCUT2D eigenvalue weighted by Gasteiger charge is -2.21. The first-order chi connectivity index (χ1) is 42.2.